The fourth-order valence-electron chi connectivity index (χ4n) is 5.33. The van der Waals surface area contributed by atoms with Crippen LogP contribution >= 0.6 is 0 Å². The molecule has 4 fully saturated rings. The van der Waals surface area contributed by atoms with Crippen molar-refractivity contribution >= 4 is 23.0 Å². The first kappa shape index (κ1) is 21.0. The molecule has 3 aliphatic heterocycles. The topological polar surface area (TPSA) is 49.9 Å². The predicted octanol–water partition coefficient (Wildman–Crippen LogP) is 4.50. The number of benzene rings is 1. The normalized spacial score (nSPS) is 22.2. The van der Waals surface area contributed by atoms with Crippen LogP contribution in [0.2, 0.25) is 0 Å². The summed E-state index contributed by atoms with van der Waals surface area (Å²) in [4.78, 5) is 9.72. The summed E-state index contributed by atoms with van der Waals surface area (Å²) in [6.07, 6.45) is 5.47. The number of hydrogen-bond donors (Lipinski definition) is 1. The van der Waals surface area contributed by atoms with Gasteiger partial charge in [-0.15, -0.1) is 0 Å². The molecule has 1 aromatic heterocycles. The molecule has 1 aromatic carbocycles. The van der Waals surface area contributed by atoms with Crippen molar-refractivity contribution < 1.29 is 9.47 Å². The molecule has 4 aliphatic rings. The summed E-state index contributed by atoms with van der Waals surface area (Å²) >= 11 is 0. The molecule has 1 N–H and O–H groups in total. The van der Waals surface area contributed by atoms with E-state index in [1.807, 2.05) is 6.07 Å². The van der Waals surface area contributed by atoms with Gasteiger partial charge in [-0.25, -0.2) is 4.98 Å². The van der Waals surface area contributed by atoms with Crippen molar-refractivity contribution in [3.8, 4) is 0 Å². The molecule has 6 rings (SSSR count). The highest BCUT2D eigenvalue weighted by molar-refractivity contribution is 5.82. The smallest absolute Gasteiger partial charge is 0.132 e. The van der Waals surface area contributed by atoms with E-state index < -0.39 is 0 Å². The summed E-state index contributed by atoms with van der Waals surface area (Å²) in [7, 11) is 0. The zero-order valence-corrected chi connectivity index (χ0v) is 19.4. The van der Waals surface area contributed by atoms with E-state index in [0.717, 1.165) is 69.9 Å². The molecular formula is C27H34N4O2. The van der Waals surface area contributed by atoms with Gasteiger partial charge in [-0.3, -0.25) is 0 Å². The Morgan fingerprint density at radius 1 is 0.939 bits per heavy atom. The lowest BCUT2D eigenvalue weighted by atomic mass is 9.91. The third kappa shape index (κ3) is 4.34. The SMILES string of the molecule is C=C(Nc1cccc(N2CCOCC2)n1)c1ccc(C2COC2)cc1N1CCC2(CC1)CC2. The van der Waals surface area contributed by atoms with Crippen molar-refractivity contribution in [3.63, 3.8) is 0 Å². The third-order valence-corrected chi connectivity index (χ3v) is 7.93. The number of aromatic nitrogens is 1. The third-order valence-electron chi connectivity index (χ3n) is 7.93. The molecule has 3 saturated heterocycles. The minimum absolute atomic E-state index is 0.519. The van der Waals surface area contributed by atoms with Crippen LogP contribution in [0.4, 0.5) is 17.3 Å². The number of morpholine rings is 1. The number of hydrogen-bond acceptors (Lipinski definition) is 6. The van der Waals surface area contributed by atoms with Crippen LogP contribution in [0.3, 0.4) is 0 Å². The molecule has 174 valence electrons. The summed E-state index contributed by atoms with van der Waals surface area (Å²) in [5.41, 5.74) is 5.42. The molecule has 1 spiro atoms. The van der Waals surface area contributed by atoms with E-state index in [-0.39, 0.29) is 0 Å². The molecule has 0 radical (unpaired) electrons. The number of pyridine rings is 1. The van der Waals surface area contributed by atoms with Crippen molar-refractivity contribution in [3.05, 3.63) is 54.1 Å². The minimum atomic E-state index is 0.519. The number of piperidine rings is 1. The number of ether oxygens (including phenoxy) is 2. The average Bonchev–Trinajstić information content (AvgIpc) is 3.58. The van der Waals surface area contributed by atoms with Gasteiger partial charge in [0.25, 0.3) is 0 Å². The number of anilines is 3. The molecule has 0 unspecified atom stereocenters. The number of nitrogens with one attached hydrogen (secondary N) is 1. The maximum atomic E-state index is 5.49. The molecule has 4 heterocycles. The fourth-order valence-corrected chi connectivity index (χ4v) is 5.33. The Morgan fingerprint density at radius 2 is 1.73 bits per heavy atom. The first-order chi connectivity index (χ1) is 16.2. The minimum Gasteiger partial charge on any atom is -0.380 e. The van der Waals surface area contributed by atoms with Gasteiger partial charge < -0.3 is 24.6 Å². The van der Waals surface area contributed by atoms with E-state index in [4.69, 9.17) is 14.5 Å². The Morgan fingerprint density at radius 3 is 2.42 bits per heavy atom. The quantitative estimate of drug-likeness (QED) is 0.705. The summed E-state index contributed by atoms with van der Waals surface area (Å²) in [5, 5.41) is 3.51. The number of nitrogens with zero attached hydrogens (tertiary/aromatic N) is 3. The van der Waals surface area contributed by atoms with E-state index in [0.29, 0.717) is 11.3 Å². The second-order valence-corrected chi connectivity index (χ2v) is 10.1. The van der Waals surface area contributed by atoms with Gasteiger partial charge >= 0.3 is 0 Å². The zero-order valence-electron chi connectivity index (χ0n) is 19.4. The summed E-state index contributed by atoms with van der Waals surface area (Å²) in [6.45, 7) is 11.6. The number of rotatable bonds is 6. The van der Waals surface area contributed by atoms with E-state index in [2.05, 4.69) is 52.0 Å². The van der Waals surface area contributed by atoms with Gasteiger partial charge in [0.1, 0.15) is 11.6 Å². The van der Waals surface area contributed by atoms with Gasteiger partial charge in [-0.05, 0) is 54.9 Å². The van der Waals surface area contributed by atoms with Gasteiger partial charge in [0.15, 0.2) is 0 Å². The lowest BCUT2D eigenvalue weighted by Gasteiger charge is -2.36. The Labute approximate surface area is 196 Å². The fraction of sp³-hybridized carbons (Fsp3) is 0.519. The van der Waals surface area contributed by atoms with Gasteiger partial charge in [0.05, 0.1) is 26.4 Å². The molecule has 0 bridgehead atoms. The van der Waals surface area contributed by atoms with Crippen molar-refractivity contribution in [1.29, 1.82) is 0 Å². The van der Waals surface area contributed by atoms with Crippen molar-refractivity contribution in [2.75, 3.05) is 67.7 Å². The largest absolute Gasteiger partial charge is 0.380 e. The molecule has 0 atom stereocenters. The molecule has 1 aliphatic carbocycles. The first-order valence-electron chi connectivity index (χ1n) is 12.4. The monoisotopic (exact) mass is 446 g/mol. The van der Waals surface area contributed by atoms with Crippen LogP contribution in [0.25, 0.3) is 5.70 Å². The first-order valence-corrected chi connectivity index (χ1v) is 12.4. The molecule has 6 nitrogen and oxygen atoms in total. The van der Waals surface area contributed by atoms with Crippen LogP contribution in [-0.4, -0.2) is 57.6 Å². The molecule has 6 heteroatoms. The lowest BCUT2D eigenvalue weighted by Crippen LogP contribution is -2.36. The Hall–Kier alpha value is -2.57. The predicted molar refractivity (Wildman–Crippen MR) is 133 cm³/mol. The van der Waals surface area contributed by atoms with E-state index >= 15 is 0 Å². The zero-order chi connectivity index (χ0) is 22.3. The van der Waals surface area contributed by atoms with Crippen LogP contribution < -0.4 is 15.1 Å². The van der Waals surface area contributed by atoms with Crippen LogP contribution in [0.5, 0.6) is 0 Å². The Kier molecular flexibility index (Phi) is 5.51. The lowest BCUT2D eigenvalue weighted by molar-refractivity contribution is 0.00843. The van der Waals surface area contributed by atoms with Crippen molar-refractivity contribution in [2.45, 2.75) is 31.6 Å². The van der Waals surface area contributed by atoms with Crippen LogP contribution in [-0.2, 0) is 9.47 Å². The highest BCUT2D eigenvalue weighted by Crippen LogP contribution is 2.54. The van der Waals surface area contributed by atoms with Gasteiger partial charge in [-0.1, -0.05) is 24.8 Å². The van der Waals surface area contributed by atoms with E-state index in [9.17, 15) is 0 Å². The van der Waals surface area contributed by atoms with Crippen LogP contribution in [0.15, 0.2) is 43.0 Å². The average molecular weight is 447 g/mol. The molecule has 1 saturated carbocycles. The van der Waals surface area contributed by atoms with Crippen LogP contribution in [0.1, 0.15) is 42.7 Å². The maximum Gasteiger partial charge on any atom is 0.132 e. The molecular weight excluding hydrogens is 412 g/mol. The highest BCUT2D eigenvalue weighted by Gasteiger charge is 2.44. The van der Waals surface area contributed by atoms with E-state index in [1.54, 1.807) is 0 Å². The highest BCUT2D eigenvalue weighted by atomic mass is 16.5. The summed E-state index contributed by atoms with van der Waals surface area (Å²) in [6, 6.07) is 13.0. The van der Waals surface area contributed by atoms with Crippen molar-refractivity contribution in [2.24, 2.45) is 5.41 Å². The summed E-state index contributed by atoms with van der Waals surface area (Å²) < 4.78 is 11.0. The van der Waals surface area contributed by atoms with Crippen molar-refractivity contribution in [1.82, 2.24) is 4.98 Å². The molecule has 33 heavy (non-hydrogen) atoms. The van der Waals surface area contributed by atoms with E-state index in [1.165, 1.54) is 42.5 Å². The molecule has 0 amide bonds. The molecule has 2 aromatic rings. The maximum absolute atomic E-state index is 5.49. The second-order valence-electron chi connectivity index (χ2n) is 10.1. The van der Waals surface area contributed by atoms with Crippen LogP contribution in [0, 0.1) is 5.41 Å². The second kappa shape index (κ2) is 8.65. The van der Waals surface area contributed by atoms with Gasteiger partial charge in [0, 0.05) is 49.0 Å². The Bertz CT molecular complexity index is 1010. The summed E-state index contributed by atoms with van der Waals surface area (Å²) in [5.74, 6) is 2.34. The van der Waals surface area contributed by atoms with Gasteiger partial charge in [0.2, 0.25) is 0 Å². The standard InChI is InChI=1S/C27H34N4O2/c1-20(28-25-3-2-4-26(29-25)31-13-15-32-16-14-31)23-6-5-21(22-18-33-19-22)17-24(23)30-11-9-27(7-8-27)10-12-30/h2-6,17,22H,1,7-16,18-19H2,(H,28,29). The Balaban J connectivity index is 1.24. The van der Waals surface area contributed by atoms with Gasteiger partial charge in [-0.2, -0.15) is 0 Å².